The summed E-state index contributed by atoms with van der Waals surface area (Å²) in [6, 6.07) is 2.06. The Labute approximate surface area is 165 Å². The van der Waals surface area contributed by atoms with E-state index in [1.807, 2.05) is 5.38 Å². The molecule has 0 aromatic carbocycles. The molecule has 1 atom stereocenters. The quantitative estimate of drug-likeness (QED) is 0.782. The second-order valence-corrected chi connectivity index (χ2v) is 7.70. The SMILES string of the molecule is CCC(CC)(CN)NC(=O)C1CCCN(c2ncnc3sccc23)C1.Cl. The molecule has 144 valence electrons. The Hall–Kier alpha value is -1.44. The van der Waals surface area contributed by atoms with Crippen molar-refractivity contribution in [1.82, 2.24) is 15.3 Å². The minimum Gasteiger partial charge on any atom is -0.355 e. The molecule has 1 saturated heterocycles. The third-order valence-corrected chi connectivity index (χ3v) is 6.29. The van der Waals surface area contributed by atoms with Gasteiger partial charge >= 0.3 is 0 Å². The van der Waals surface area contributed by atoms with Crippen molar-refractivity contribution in [3.63, 3.8) is 0 Å². The van der Waals surface area contributed by atoms with Crippen LogP contribution in [0.15, 0.2) is 17.8 Å². The number of nitrogens with zero attached hydrogens (tertiary/aromatic N) is 3. The number of rotatable bonds is 6. The minimum atomic E-state index is -0.283. The smallest absolute Gasteiger partial charge is 0.225 e. The lowest BCUT2D eigenvalue weighted by Gasteiger charge is -2.37. The maximum absolute atomic E-state index is 12.9. The monoisotopic (exact) mass is 397 g/mol. The zero-order valence-corrected chi connectivity index (χ0v) is 17.0. The maximum atomic E-state index is 12.9. The molecule has 1 aliphatic heterocycles. The first-order valence-corrected chi connectivity index (χ1v) is 9.95. The lowest BCUT2D eigenvalue weighted by atomic mass is 9.90. The first kappa shape index (κ1) is 20.9. The second-order valence-electron chi connectivity index (χ2n) is 6.80. The highest BCUT2D eigenvalue weighted by molar-refractivity contribution is 7.16. The van der Waals surface area contributed by atoms with Crippen LogP contribution in [0.1, 0.15) is 39.5 Å². The molecule has 1 fully saturated rings. The van der Waals surface area contributed by atoms with E-state index in [2.05, 4.69) is 40.1 Å². The maximum Gasteiger partial charge on any atom is 0.225 e. The molecule has 26 heavy (non-hydrogen) atoms. The van der Waals surface area contributed by atoms with Crippen molar-refractivity contribution in [3.8, 4) is 0 Å². The van der Waals surface area contributed by atoms with Crippen LogP contribution in [-0.2, 0) is 4.79 Å². The van der Waals surface area contributed by atoms with Gasteiger partial charge in [-0.15, -0.1) is 23.7 Å². The van der Waals surface area contributed by atoms with Crippen LogP contribution in [0.25, 0.3) is 10.2 Å². The Kier molecular flexibility index (Phi) is 7.20. The summed E-state index contributed by atoms with van der Waals surface area (Å²) >= 11 is 1.62. The molecule has 3 rings (SSSR count). The van der Waals surface area contributed by atoms with Gasteiger partial charge in [-0.2, -0.15) is 0 Å². The Bertz CT molecular complexity index is 725. The second kappa shape index (κ2) is 8.97. The highest BCUT2D eigenvalue weighted by Gasteiger charge is 2.32. The zero-order valence-electron chi connectivity index (χ0n) is 15.4. The van der Waals surface area contributed by atoms with Crippen LogP contribution in [0.2, 0.25) is 0 Å². The van der Waals surface area contributed by atoms with Gasteiger partial charge in [-0.3, -0.25) is 4.79 Å². The van der Waals surface area contributed by atoms with Gasteiger partial charge in [0.15, 0.2) is 0 Å². The number of halogens is 1. The molecule has 6 nitrogen and oxygen atoms in total. The summed E-state index contributed by atoms with van der Waals surface area (Å²) in [7, 11) is 0. The largest absolute Gasteiger partial charge is 0.355 e. The number of aromatic nitrogens is 2. The van der Waals surface area contributed by atoms with Crippen LogP contribution in [0.5, 0.6) is 0 Å². The van der Waals surface area contributed by atoms with E-state index in [1.54, 1.807) is 17.7 Å². The topological polar surface area (TPSA) is 84.1 Å². The summed E-state index contributed by atoms with van der Waals surface area (Å²) in [5.41, 5.74) is 5.65. The number of anilines is 1. The van der Waals surface area contributed by atoms with Gasteiger partial charge < -0.3 is 16.0 Å². The van der Waals surface area contributed by atoms with E-state index in [1.165, 1.54) is 0 Å². The third kappa shape index (κ3) is 4.10. The van der Waals surface area contributed by atoms with Crippen molar-refractivity contribution < 1.29 is 4.79 Å². The van der Waals surface area contributed by atoms with Gasteiger partial charge in [0.2, 0.25) is 5.91 Å². The van der Waals surface area contributed by atoms with Crippen LogP contribution in [0.4, 0.5) is 5.82 Å². The summed E-state index contributed by atoms with van der Waals surface area (Å²) in [5, 5.41) is 6.34. The summed E-state index contributed by atoms with van der Waals surface area (Å²) in [5.74, 6) is 1.04. The fraction of sp³-hybridized carbons (Fsp3) is 0.611. The number of hydrogen-bond acceptors (Lipinski definition) is 6. The summed E-state index contributed by atoms with van der Waals surface area (Å²) in [6.07, 6.45) is 5.22. The molecule has 0 radical (unpaired) electrons. The van der Waals surface area contributed by atoms with Gasteiger partial charge in [-0.05, 0) is 37.1 Å². The Balaban J connectivity index is 0.00000243. The van der Waals surface area contributed by atoms with E-state index < -0.39 is 0 Å². The molecule has 0 spiro atoms. The number of carbonyl (C=O) groups is 1. The lowest BCUT2D eigenvalue weighted by molar-refractivity contribution is -0.127. The van der Waals surface area contributed by atoms with Crippen molar-refractivity contribution in [2.24, 2.45) is 11.7 Å². The highest BCUT2D eigenvalue weighted by Crippen LogP contribution is 2.30. The van der Waals surface area contributed by atoms with Crippen molar-refractivity contribution >= 4 is 45.7 Å². The first-order valence-electron chi connectivity index (χ1n) is 9.07. The highest BCUT2D eigenvalue weighted by atomic mass is 35.5. The van der Waals surface area contributed by atoms with Gasteiger partial charge in [-0.25, -0.2) is 9.97 Å². The predicted molar refractivity (Wildman–Crippen MR) is 110 cm³/mol. The number of amides is 1. The molecule has 1 amide bonds. The van der Waals surface area contributed by atoms with E-state index in [9.17, 15) is 4.79 Å². The summed E-state index contributed by atoms with van der Waals surface area (Å²) < 4.78 is 0. The number of hydrogen-bond donors (Lipinski definition) is 2. The van der Waals surface area contributed by atoms with E-state index in [4.69, 9.17) is 5.73 Å². The molecule has 0 aliphatic carbocycles. The molecule has 2 aromatic rings. The number of nitrogens with one attached hydrogen (secondary N) is 1. The van der Waals surface area contributed by atoms with Crippen molar-refractivity contribution in [3.05, 3.63) is 17.8 Å². The molecule has 1 aliphatic rings. The Morgan fingerprint density at radius 2 is 2.19 bits per heavy atom. The van der Waals surface area contributed by atoms with Crippen LogP contribution in [-0.4, -0.2) is 41.0 Å². The fourth-order valence-corrected chi connectivity index (χ4v) is 4.27. The standard InChI is InChI=1S/C18H27N5OS.ClH/c1-3-18(4-2,11-19)22-16(24)13-6-5-8-23(10-13)15-14-7-9-25-17(14)21-12-20-15;/h7,9,12-13H,3-6,8,10-11,19H2,1-2H3,(H,22,24);1H. The minimum absolute atomic E-state index is 0. The van der Waals surface area contributed by atoms with Gasteiger partial charge in [0.1, 0.15) is 17.0 Å². The third-order valence-electron chi connectivity index (χ3n) is 5.47. The molecule has 3 N–H and O–H groups in total. The molecule has 2 aromatic heterocycles. The Morgan fingerprint density at radius 1 is 1.42 bits per heavy atom. The van der Waals surface area contributed by atoms with Crippen LogP contribution >= 0.6 is 23.7 Å². The van der Waals surface area contributed by atoms with Gasteiger partial charge in [-0.1, -0.05) is 13.8 Å². The lowest BCUT2D eigenvalue weighted by Crippen LogP contribution is -2.56. The number of thiophene rings is 1. The molecule has 0 bridgehead atoms. The normalized spacial score (nSPS) is 17.8. The van der Waals surface area contributed by atoms with E-state index >= 15 is 0 Å². The first-order chi connectivity index (χ1) is 12.1. The van der Waals surface area contributed by atoms with Crippen molar-refractivity contribution in [2.45, 2.75) is 45.1 Å². The van der Waals surface area contributed by atoms with E-state index in [0.29, 0.717) is 13.1 Å². The number of fused-ring (bicyclic) bond motifs is 1. The van der Waals surface area contributed by atoms with Gasteiger partial charge in [0.05, 0.1) is 16.8 Å². The van der Waals surface area contributed by atoms with Crippen molar-refractivity contribution in [1.29, 1.82) is 0 Å². The van der Waals surface area contributed by atoms with Gasteiger partial charge in [0.25, 0.3) is 0 Å². The van der Waals surface area contributed by atoms with Crippen LogP contribution in [0.3, 0.4) is 0 Å². The zero-order chi connectivity index (χ0) is 17.9. The van der Waals surface area contributed by atoms with Crippen molar-refractivity contribution in [2.75, 3.05) is 24.5 Å². The average molecular weight is 398 g/mol. The average Bonchev–Trinajstić information content (AvgIpc) is 3.15. The number of carbonyl (C=O) groups excluding carboxylic acids is 1. The van der Waals surface area contributed by atoms with Crippen LogP contribution < -0.4 is 16.0 Å². The molecule has 3 heterocycles. The van der Waals surface area contributed by atoms with E-state index in [-0.39, 0.29) is 29.8 Å². The fourth-order valence-electron chi connectivity index (χ4n) is 3.54. The molecule has 0 saturated carbocycles. The summed E-state index contributed by atoms with van der Waals surface area (Å²) in [4.78, 5) is 24.9. The van der Waals surface area contributed by atoms with E-state index in [0.717, 1.165) is 48.3 Å². The van der Waals surface area contributed by atoms with Crippen LogP contribution in [0, 0.1) is 5.92 Å². The molecular weight excluding hydrogens is 370 g/mol. The number of nitrogens with two attached hydrogens (primary N) is 1. The Morgan fingerprint density at radius 3 is 2.88 bits per heavy atom. The summed E-state index contributed by atoms with van der Waals surface area (Å²) in [6.45, 7) is 6.26. The van der Waals surface area contributed by atoms with Gasteiger partial charge in [0, 0.05) is 19.6 Å². The molecule has 1 unspecified atom stereocenters. The molecule has 8 heteroatoms. The number of piperidine rings is 1. The molecular formula is C18H28ClN5OS. The predicted octanol–water partition coefficient (Wildman–Crippen LogP) is 2.96.